The summed E-state index contributed by atoms with van der Waals surface area (Å²) >= 11 is 0. The predicted molar refractivity (Wildman–Crippen MR) is 117 cm³/mol. The normalized spacial score (nSPS) is 30.0. The number of carbonyl (C=O) groups is 1. The Bertz CT molecular complexity index is 874. The summed E-state index contributed by atoms with van der Waals surface area (Å²) in [6.07, 6.45) is 8.78. The molecule has 30 heavy (non-hydrogen) atoms. The lowest BCUT2D eigenvalue weighted by molar-refractivity contribution is -0.145. The van der Waals surface area contributed by atoms with Gasteiger partial charge in [0, 0.05) is 12.5 Å². The summed E-state index contributed by atoms with van der Waals surface area (Å²) in [4.78, 5) is 12.6. The van der Waals surface area contributed by atoms with E-state index >= 15 is 0 Å². The Kier molecular flexibility index (Phi) is 5.92. The molecule has 1 heterocycles. The van der Waals surface area contributed by atoms with Crippen LogP contribution in [0.1, 0.15) is 38.7 Å². The van der Waals surface area contributed by atoms with Crippen LogP contribution < -0.4 is 14.8 Å². The first-order valence-electron chi connectivity index (χ1n) is 11.0. The average Bonchev–Trinajstić information content (AvgIpc) is 3.03. The van der Waals surface area contributed by atoms with Gasteiger partial charge in [0.2, 0.25) is 0 Å². The summed E-state index contributed by atoms with van der Waals surface area (Å²) in [6.45, 7) is 5.98. The van der Waals surface area contributed by atoms with Crippen molar-refractivity contribution >= 4 is 5.97 Å². The third-order valence-corrected chi connectivity index (χ3v) is 7.10. The Morgan fingerprint density at radius 2 is 2.03 bits per heavy atom. The Labute approximate surface area is 179 Å². The molecular weight excluding hydrogens is 378 g/mol. The molecule has 5 nitrogen and oxygen atoms in total. The van der Waals surface area contributed by atoms with Gasteiger partial charge in [-0.05, 0) is 67.8 Å². The molecule has 4 unspecified atom stereocenters. The molecular formula is C25H33NO4. The zero-order chi connectivity index (χ0) is 21.3. The van der Waals surface area contributed by atoms with Crippen molar-refractivity contribution in [1.82, 2.24) is 5.32 Å². The van der Waals surface area contributed by atoms with Crippen molar-refractivity contribution in [3.63, 3.8) is 0 Å². The number of rotatable bonds is 7. The first-order chi connectivity index (χ1) is 14.4. The number of allylic oxidation sites excluding steroid dienone is 3. The molecule has 5 heteroatoms. The molecule has 1 aromatic rings. The molecule has 3 aliphatic rings. The maximum absolute atomic E-state index is 12.6. The fourth-order valence-corrected chi connectivity index (χ4v) is 5.39. The zero-order valence-corrected chi connectivity index (χ0v) is 18.5. The Morgan fingerprint density at radius 1 is 1.23 bits per heavy atom. The van der Waals surface area contributed by atoms with Gasteiger partial charge in [-0.25, -0.2) is 0 Å². The molecule has 0 bridgehead atoms. The summed E-state index contributed by atoms with van der Waals surface area (Å²) in [7, 11) is 3.29. The quantitative estimate of drug-likeness (QED) is 0.541. The summed E-state index contributed by atoms with van der Waals surface area (Å²) in [5.74, 6) is 1.50. The van der Waals surface area contributed by atoms with Crippen LogP contribution in [0.2, 0.25) is 0 Å². The van der Waals surface area contributed by atoms with Crippen molar-refractivity contribution in [2.45, 2.75) is 45.6 Å². The Morgan fingerprint density at radius 3 is 2.80 bits per heavy atom. The molecule has 4 atom stereocenters. The first kappa shape index (κ1) is 21.0. The largest absolute Gasteiger partial charge is 0.493 e. The fourth-order valence-electron chi connectivity index (χ4n) is 5.39. The van der Waals surface area contributed by atoms with Crippen LogP contribution in [0.5, 0.6) is 11.5 Å². The zero-order valence-electron chi connectivity index (χ0n) is 18.5. The SMILES string of the molecule is COc1ccc(CCNCC2C(=O)OC3CC4(C)CCC=C(C)C4=CC32)cc1OC. The van der Waals surface area contributed by atoms with E-state index in [9.17, 15) is 4.79 Å². The van der Waals surface area contributed by atoms with Gasteiger partial charge in [0.15, 0.2) is 11.5 Å². The van der Waals surface area contributed by atoms with Crippen LogP contribution in [-0.2, 0) is 16.0 Å². The van der Waals surface area contributed by atoms with Crippen molar-refractivity contribution in [2.24, 2.45) is 17.3 Å². The van der Waals surface area contributed by atoms with E-state index in [-0.39, 0.29) is 29.3 Å². The summed E-state index contributed by atoms with van der Waals surface area (Å²) in [5.41, 5.74) is 4.13. The number of carbonyl (C=O) groups excluding carboxylic acids is 1. The summed E-state index contributed by atoms with van der Waals surface area (Å²) in [5, 5.41) is 3.48. The molecule has 1 N–H and O–H groups in total. The Balaban J connectivity index is 1.38. The van der Waals surface area contributed by atoms with Gasteiger partial charge in [-0.3, -0.25) is 4.79 Å². The maximum atomic E-state index is 12.6. The lowest BCUT2D eigenvalue weighted by Crippen LogP contribution is -2.38. The van der Waals surface area contributed by atoms with Crippen LogP contribution in [0, 0.1) is 17.3 Å². The highest BCUT2D eigenvalue weighted by molar-refractivity contribution is 5.76. The highest BCUT2D eigenvalue weighted by atomic mass is 16.6. The minimum absolute atomic E-state index is 0.0230. The number of hydrogen-bond acceptors (Lipinski definition) is 5. The topological polar surface area (TPSA) is 56.8 Å². The van der Waals surface area contributed by atoms with Crippen LogP contribution in [-0.4, -0.2) is 39.4 Å². The van der Waals surface area contributed by atoms with Crippen molar-refractivity contribution in [3.05, 3.63) is 47.1 Å². The van der Waals surface area contributed by atoms with Crippen molar-refractivity contribution < 1.29 is 19.0 Å². The van der Waals surface area contributed by atoms with Gasteiger partial charge in [-0.15, -0.1) is 0 Å². The number of nitrogens with one attached hydrogen (secondary N) is 1. The predicted octanol–water partition coefficient (Wildman–Crippen LogP) is 4.07. The number of fused-ring (bicyclic) bond motifs is 2. The van der Waals surface area contributed by atoms with Gasteiger partial charge in [-0.1, -0.05) is 30.7 Å². The van der Waals surface area contributed by atoms with E-state index in [1.807, 2.05) is 18.2 Å². The highest BCUT2D eigenvalue weighted by Crippen LogP contribution is 2.52. The second-order valence-corrected chi connectivity index (χ2v) is 9.07. The molecule has 0 spiro atoms. The third kappa shape index (κ3) is 3.87. The van der Waals surface area contributed by atoms with Gasteiger partial charge in [0.05, 0.1) is 20.1 Å². The van der Waals surface area contributed by atoms with Gasteiger partial charge >= 0.3 is 5.97 Å². The summed E-state index contributed by atoms with van der Waals surface area (Å²) < 4.78 is 16.5. The van der Waals surface area contributed by atoms with Gasteiger partial charge in [0.25, 0.3) is 0 Å². The van der Waals surface area contributed by atoms with Crippen LogP contribution >= 0.6 is 0 Å². The minimum atomic E-state index is -0.104. The van der Waals surface area contributed by atoms with E-state index in [2.05, 4.69) is 31.3 Å². The van der Waals surface area contributed by atoms with Crippen LogP contribution in [0.4, 0.5) is 0 Å². The fraction of sp³-hybridized carbons (Fsp3) is 0.560. The van der Waals surface area contributed by atoms with E-state index in [0.717, 1.165) is 43.7 Å². The molecule has 2 aliphatic carbocycles. The minimum Gasteiger partial charge on any atom is -0.493 e. The molecule has 0 amide bonds. The third-order valence-electron chi connectivity index (χ3n) is 7.10. The Hall–Kier alpha value is -2.27. The van der Waals surface area contributed by atoms with Gasteiger partial charge in [-0.2, -0.15) is 0 Å². The van der Waals surface area contributed by atoms with Crippen LogP contribution in [0.3, 0.4) is 0 Å². The van der Waals surface area contributed by atoms with Crippen molar-refractivity contribution in [1.29, 1.82) is 0 Å². The standard InChI is InChI=1S/C25H33NO4/c1-16-6-5-10-25(2)14-23-18(13-20(16)25)19(24(27)30-23)15-26-11-9-17-7-8-21(28-3)22(12-17)29-4/h6-8,12-13,18-19,23,26H,5,9-11,14-15H2,1-4H3. The van der Waals surface area contributed by atoms with Crippen molar-refractivity contribution in [2.75, 3.05) is 27.3 Å². The maximum Gasteiger partial charge on any atom is 0.311 e. The molecule has 0 saturated carbocycles. The monoisotopic (exact) mass is 411 g/mol. The summed E-state index contributed by atoms with van der Waals surface area (Å²) in [6, 6.07) is 5.98. The van der Waals surface area contributed by atoms with E-state index < -0.39 is 0 Å². The van der Waals surface area contributed by atoms with E-state index in [1.54, 1.807) is 14.2 Å². The molecule has 0 radical (unpaired) electrons. The van der Waals surface area contributed by atoms with Gasteiger partial charge in [0.1, 0.15) is 6.10 Å². The van der Waals surface area contributed by atoms with E-state index in [0.29, 0.717) is 6.54 Å². The van der Waals surface area contributed by atoms with E-state index in [1.165, 1.54) is 16.7 Å². The van der Waals surface area contributed by atoms with Crippen molar-refractivity contribution in [3.8, 4) is 11.5 Å². The molecule has 1 aromatic carbocycles. The lowest BCUT2D eigenvalue weighted by atomic mass is 9.62. The van der Waals surface area contributed by atoms with E-state index in [4.69, 9.17) is 14.2 Å². The van der Waals surface area contributed by atoms with Crippen LogP contribution in [0.15, 0.2) is 41.5 Å². The van der Waals surface area contributed by atoms with Gasteiger partial charge < -0.3 is 19.5 Å². The molecule has 4 rings (SSSR count). The number of ether oxygens (including phenoxy) is 3. The highest BCUT2D eigenvalue weighted by Gasteiger charge is 2.50. The first-order valence-corrected chi connectivity index (χ1v) is 11.0. The average molecular weight is 412 g/mol. The number of esters is 1. The number of methoxy groups -OCH3 is 2. The molecule has 1 saturated heterocycles. The number of hydrogen-bond donors (Lipinski definition) is 1. The lowest BCUT2D eigenvalue weighted by Gasteiger charge is -2.42. The molecule has 1 fully saturated rings. The second-order valence-electron chi connectivity index (χ2n) is 9.07. The molecule has 1 aliphatic heterocycles. The second kappa shape index (κ2) is 8.46. The van der Waals surface area contributed by atoms with Crippen LogP contribution in [0.25, 0.3) is 0 Å². The molecule has 162 valence electrons. The number of benzene rings is 1. The smallest absolute Gasteiger partial charge is 0.311 e. The molecule has 0 aromatic heterocycles.